The van der Waals surface area contributed by atoms with Gasteiger partial charge in [-0.1, -0.05) is 196 Å². The lowest BCUT2D eigenvalue weighted by molar-refractivity contribution is 0.112. The largest absolute Gasteiger partial charge is 0.310 e. The van der Waals surface area contributed by atoms with Gasteiger partial charge in [-0.25, -0.2) is 0 Å². The summed E-state index contributed by atoms with van der Waals surface area (Å²) in [6.07, 6.45) is 0.988. The van der Waals surface area contributed by atoms with Gasteiger partial charge >= 0.3 is 0 Å². The number of carbonyl (C=O) groups excluding carboxylic acids is 1. The molecule has 2 aromatic heterocycles. The van der Waals surface area contributed by atoms with Crippen molar-refractivity contribution in [3.63, 3.8) is 0 Å². The summed E-state index contributed by atoms with van der Waals surface area (Å²) in [5.74, 6) is 0. The molecule has 1 aliphatic rings. The zero-order valence-electron chi connectivity index (χ0n) is 46.4. The quantitative estimate of drug-likeness (QED) is 0.135. The van der Waals surface area contributed by atoms with E-state index in [0.717, 1.165) is 101 Å². The fraction of sp³-hybridized carbons (Fsp3) is 0.0641. The first-order valence-corrected chi connectivity index (χ1v) is 28.5. The molecule has 4 nitrogen and oxygen atoms in total. The fourth-order valence-corrected chi connectivity index (χ4v) is 13.5. The maximum atomic E-state index is 12.9. The van der Waals surface area contributed by atoms with Gasteiger partial charge in [0.1, 0.15) is 0 Å². The topological polar surface area (TPSA) is 30.2 Å². The number of benzene rings is 12. The number of hydrogen-bond acceptors (Lipinski definition) is 2. The summed E-state index contributed by atoms with van der Waals surface area (Å²) in [6.45, 7) is 8.52. The van der Waals surface area contributed by atoms with Crippen LogP contribution in [0.4, 0.5) is 17.1 Å². The second-order valence-corrected chi connectivity index (χ2v) is 21.2. The van der Waals surface area contributed by atoms with E-state index in [2.05, 4.69) is 289 Å². The van der Waals surface area contributed by atoms with E-state index in [1.807, 2.05) is 32.0 Å². The monoisotopic (exact) mass is 1050 g/mol. The number of para-hydroxylation sites is 5. The molecule has 1 aliphatic heterocycles. The van der Waals surface area contributed by atoms with E-state index in [1.165, 1.54) is 43.7 Å². The summed E-state index contributed by atoms with van der Waals surface area (Å²) in [6, 6.07) is 102. The number of rotatable bonds is 9. The standard InChI is InChI=1S/C76H53N3O.C2H6/c1-50-21-12-17-33-66(50)76(67-34-20-32-60(51(67)2)61-29-14-13-22-56(61)49-80)68-47-54(52-37-41-72-64(45-52)62-30-15-18-35-70(62)77(72)57-23-6-3-7-24-57)39-43-74(68)79(59-27-10-5-11-28-59)75-44-40-55(48-69(75)76)53-38-42-73-65(46-53)63-31-16-19-36-71(63)78(73)58-25-8-4-9-26-58;1-2/h3-49H,1-2H3;1-2H3. The van der Waals surface area contributed by atoms with E-state index in [9.17, 15) is 4.79 Å². The van der Waals surface area contributed by atoms with Crippen LogP contribution >= 0.6 is 0 Å². The number of hydrogen-bond donors (Lipinski definition) is 0. The van der Waals surface area contributed by atoms with Gasteiger partial charge in [-0.2, -0.15) is 0 Å². The minimum atomic E-state index is -0.898. The maximum Gasteiger partial charge on any atom is 0.150 e. The van der Waals surface area contributed by atoms with Crippen LogP contribution in [0.2, 0.25) is 0 Å². The number of nitrogens with zero attached hydrogens (tertiary/aromatic N) is 3. The molecule has 0 aliphatic carbocycles. The molecule has 0 unspecified atom stereocenters. The van der Waals surface area contributed by atoms with Crippen molar-refractivity contribution in [2.24, 2.45) is 0 Å². The molecule has 392 valence electrons. The predicted octanol–water partition coefficient (Wildman–Crippen LogP) is 20.5. The van der Waals surface area contributed by atoms with Crippen LogP contribution in [0.15, 0.2) is 279 Å². The van der Waals surface area contributed by atoms with Crippen molar-refractivity contribution in [1.82, 2.24) is 9.13 Å². The van der Waals surface area contributed by atoms with Gasteiger partial charge in [-0.15, -0.1) is 0 Å². The Labute approximate surface area is 479 Å². The molecule has 0 fully saturated rings. The Morgan fingerprint density at radius 3 is 1.28 bits per heavy atom. The molecule has 3 heterocycles. The van der Waals surface area contributed by atoms with Crippen molar-refractivity contribution in [3.05, 3.63) is 318 Å². The highest BCUT2D eigenvalue weighted by Gasteiger charge is 2.48. The molecule has 15 rings (SSSR count). The maximum absolute atomic E-state index is 12.9. The van der Waals surface area contributed by atoms with E-state index in [4.69, 9.17) is 0 Å². The number of fused-ring (bicyclic) bond motifs is 8. The first kappa shape index (κ1) is 50.0. The Morgan fingerprint density at radius 1 is 0.329 bits per heavy atom. The van der Waals surface area contributed by atoms with Gasteiger partial charge in [-0.3, -0.25) is 4.79 Å². The zero-order valence-corrected chi connectivity index (χ0v) is 46.4. The minimum absolute atomic E-state index is 0.662. The summed E-state index contributed by atoms with van der Waals surface area (Å²) in [4.78, 5) is 15.4. The SMILES string of the molecule is CC.Cc1ccccc1C1(c2cccc(-c3ccccc3C=O)c2C)c2cc(-c3ccc4c(c3)c3ccccc3n4-c3ccccc3)ccc2N(c2ccccc2)c2ccc(-c3ccc4c(c3)c3ccccc3n4-c3ccccc3)cc21. The lowest BCUT2D eigenvalue weighted by Crippen LogP contribution is -2.39. The average Bonchev–Trinajstić information content (AvgIpc) is 3.07. The number of carbonyl (C=O) groups is 1. The molecular weight excluding hydrogens is 995 g/mol. The third-order valence-corrected chi connectivity index (χ3v) is 17.0. The lowest BCUT2D eigenvalue weighted by atomic mass is 9.59. The summed E-state index contributed by atoms with van der Waals surface area (Å²) in [5.41, 5.74) is 23.4. The summed E-state index contributed by atoms with van der Waals surface area (Å²) in [5, 5.41) is 4.82. The molecule has 0 atom stereocenters. The van der Waals surface area contributed by atoms with Gasteiger partial charge in [0, 0.05) is 44.2 Å². The molecule has 0 saturated heterocycles. The van der Waals surface area contributed by atoms with Gasteiger partial charge in [0.15, 0.2) is 6.29 Å². The molecule has 0 radical (unpaired) electrons. The number of aldehydes is 1. The van der Waals surface area contributed by atoms with Crippen LogP contribution in [0.1, 0.15) is 57.6 Å². The summed E-state index contributed by atoms with van der Waals surface area (Å²) >= 11 is 0. The van der Waals surface area contributed by atoms with Crippen molar-refractivity contribution in [3.8, 4) is 44.8 Å². The van der Waals surface area contributed by atoms with Crippen molar-refractivity contribution in [2.45, 2.75) is 33.1 Å². The fourth-order valence-electron chi connectivity index (χ4n) is 13.5. The number of aromatic nitrogens is 2. The molecular formula is C78H59N3O. The third-order valence-electron chi connectivity index (χ3n) is 17.0. The van der Waals surface area contributed by atoms with Crippen LogP contribution in [0.5, 0.6) is 0 Å². The van der Waals surface area contributed by atoms with Gasteiger partial charge < -0.3 is 14.0 Å². The smallest absolute Gasteiger partial charge is 0.150 e. The number of anilines is 3. The molecule has 82 heavy (non-hydrogen) atoms. The Hall–Kier alpha value is -10.3. The van der Waals surface area contributed by atoms with Gasteiger partial charge in [0.05, 0.1) is 38.9 Å². The molecule has 0 bridgehead atoms. The van der Waals surface area contributed by atoms with Gasteiger partial charge in [0.2, 0.25) is 0 Å². The Kier molecular flexibility index (Phi) is 12.4. The molecule has 4 heteroatoms. The highest BCUT2D eigenvalue weighted by molar-refractivity contribution is 6.12. The molecule has 14 aromatic rings. The van der Waals surface area contributed by atoms with Gasteiger partial charge in [0.25, 0.3) is 0 Å². The van der Waals surface area contributed by atoms with E-state index in [1.54, 1.807) is 0 Å². The van der Waals surface area contributed by atoms with E-state index < -0.39 is 5.41 Å². The van der Waals surface area contributed by atoms with Crippen molar-refractivity contribution < 1.29 is 4.79 Å². The van der Waals surface area contributed by atoms with Crippen LogP contribution in [-0.2, 0) is 5.41 Å². The molecule has 12 aromatic carbocycles. The van der Waals surface area contributed by atoms with Crippen molar-refractivity contribution in [2.75, 3.05) is 4.90 Å². The van der Waals surface area contributed by atoms with Gasteiger partial charge in [-0.05, 0) is 178 Å². The highest BCUT2D eigenvalue weighted by Crippen LogP contribution is 2.60. The normalized spacial score (nSPS) is 12.5. The van der Waals surface area contributed by atoms with Crippen LogP contribution < -0.4 is 4.90 Å². The molecule has 0 saturated carbocycles. The molecule has 0 amide bonds. The Morgan fingerprint density at radius 2 is 0.744 bits per heavy atom. The highest BCUT2D eigenvalue weighted by atomic mass is 16.1. The van der Waals surface area contributed by atoms with Crippen molar-refractivity contribution >= 4 is 67.0 Å². The van der Waals surface area contributed by atoms with Crippen LogP contribution in [0.25, 0.3) is 88.4 Å². The van der Waals surface area contributed by atoms with Crippen LogP contribution in [-0.4, -0.2) is 15.4 Å². The predicted molar refractivity (Wildman–Crippen MR) is 344 cm³/mol. The minimum Gasteiger partial charge on any atom is -0.310 e. The number of aryl methyl sites for hydroxylation is 1. The van der Waals surface area contributed by atoms with E-state index in [0.29, 0.717) is 5.56 Å². The Bertz CT molecular complexity index is 4550. The van der Waals surface area contributed by atoms with E-state index >= 15 is 0 Å². The first-order chi connectivity index (χ1) is 40.5. The first-order valence-electron chi connectivity index (χ1n) is 28.5. The van der Waals surface area contributed by atoms with Crippen LogP contribution in [0.3, 0.4) is 0 Å². The second-order valence-electron chi connectivity index (χ2n) is 21.2. The van der Waals surface area contributed by atoms with E-state index in [-0.39, 0.29) is 0 Å². The Balaban J connectivity index is 0.00000298. The average molecular weight is 1050 g/mol. The lowest BCUT2D eigenvalue weighted by Gasteiger charge is -2.48. The summed E-state index contributed by atoms with van der Waals surface area (Å²) < 4.78 is 4.77. The van der Waals surface area contributed by atoms with Crippen molar-refractivity contribution in [1.29, 1.82) is 0 Å². The molecule has 0 N–H and O–H groups in total. The second kappa shape index (κ2) is 20.4. The third kappa shape index (κ3) is 7.78. The molecule has 0 spiro atoms. The zero-order chi connectivity index (χ0) is 55.5. The van der Waals surface area contributed by atoms with Crippen LogP contribution in [0, 0.1) is 13.8 Å². The summed E-state index contributed by atoms with van der Waals surface area (Å²) in [7, 11) is 0.